The van der Waals surface area contributed by atoms with Gasteiger partial charge in [-0.05, 0) is 17.7 Å². The molecule has 0 bridgehead atoms. The number of carboxylic acid groups (broad SMARTS) is 1. The van der Waals surface area contributed by atoms with Crippen molar-refractivity contribution in [3.05, 3.63) is 35.6 Å². The van der Waals surface area contributed by atoms with E-state index in [1.165, 1.54) is 12.1 Å². The van der Waals surface area contributed by atoms with E-state index in [-0.39, 0.29) is 23.2 Å². The molecule has 5 nitrogen and oxygen atoms in total. The number of aliphatic carboxylic acids is 1. The summed E-state index contributed by atoms with van der Waals surface area (Å²) in [6.45, 7) is 0.310. The zero-order valence-electron chi connectivity index (χ0n) is 10.1. The molecular formula is C12H15FN2O3S. The first-order valence-corrected chi connectivity index (χ1v) is 6.72. The molecule has 1 aromatic carbocycles. The number of nitrogens with one attached hydrogen (secondary N) is 1. The predicted molar refractivity (Wildman–Crippen MR) is 71.2 cm³/mol. The number of benzene rings is 1. The van der Waals surface area contributed by atoms with Gasteiger partial charge < -0.3 is 16.2 Å². The van der Waals surface area contributed by atoms with E-state index in [2.05, 4.69) is 5.32 Å². The Labute approximate surface area is 114 Å². The van der Waals surface area contributed by atoms with Crippen molar-refractivity contribution in [3.63, 3.8) is 0 Å². The van der Waals surface area contributed by atoms with Gasteiger partial charge in [-0.1, -0.05) is 12.1 Å². The van der Waals surface area contributed by atoms with E-state index in [0.717, 1.165) is 17.3 Å². The van der Waals surface area contributed by atoms with Gasteiger partial charge in [0.25, 0.3) is 0 Å². The Kier molecular flexibility index (Phi) is 6.31. The fourth-order valence-electron chi connectivity index (χ4n) is 1.20. The van der Waals surface area contributed by atoms with Gasteiger partial charge in [-0.15, -0.1) is 11.8 Å². The van der Waals surface area contributed by atoms with Gasteiger partial charge in [0.15, 0.2) is 0 Å². The lowest BCUT2D eigenvalue weighted by molar-refractivity contribution is -0.138. The summed E-state index contributed by atoms with van der Waals surface area (Å²) in [5.41, 5.74) is 6.09. The molecule has 7 heteroatoms. The van der Waals surface area contributed by atoms with Crippen LogP contribution in [0.25, 0.3) is 0 Å². The molecule has 0 fully saturated rings. The van der Waals surface area contributed by atoms with E-state index in [4.69, 9.17) is 10.8 Å². The lowest BCUT2D eigenvalue weighted by Gasteiger charge is -2.07. The summed E-state index contributed by atoms with van der Waals surface area (Å²) < 4.78 is 12.6. The lowest BCUT2D eigenvalue weighted by atomic mass is 10.2. The summed E-state index contributed by atoms with van der Waals surface area (Å²) in [6.07, 6.45) is 0. The van der Waals surface area contributed by atoms with Crippen LogP contribution in [-0.4, -0.2) is 34.5 Å². The summed E-state index contributed by atoms with van der Waals surface area (Å²) in [5, 5.41) is 11.2. The number of carbonyl (C=O) groups is 2. The SMILES string of the molecule is N[C@H](CSCC(=O)NCc1ccc(F)cc1)C(=O)O. The van der Waals surface area contributed by atoms with E-state index in [9.17, 15) is 14.0 Å². The van der Waals surface area contributed by atoms with Crippen LogP contribution in [0.1, 0.15) is 5.56 Å². The van der Waals surface area contributed by atoms with Gasteiger partial charge in [0.05, 0.1) is 5.75 Å². The smallest absolute Gasteiger partial charge is 0.321 e. The summed E-state index contributed by atoms with van der Waals surface area (Å²) in [5.74, 6) is -1.30. The lowest BCUT2D eigenvalue weighted by Crippen LogP contribution is -2.33. The Bertz CT molecular complexity index is 439. The third kappa shape index (κ3) is 6.21. The summed E-state index contributed by atoms with van der Waals surface area (Å²) in [7, 11) is 0. The minimum atomic E-state index is -1.08. The average Bonchev–Trinajstić information content (AvgIpc) is 2.37. The maximum atomic E-state index is 12.6. The van der Waals surface area contributed by atoms with E-state index < -0.39 is 12.0 Å². The van der Waals surface area contributed by atoms with Crippen molar-refractivity contribution >= 4 is 23.6 Å². The van der Waals surface area contributed by atoms with Crippen LogP contribution in [0, 0.1) is 5.82 Å². The van der Waals surface area contributed by atoms with E-state index in [1.54, 1.807) is 12.1 Å². The molecule has 0 saturated heterocycles. The minimum Gasteiger partial charge on any atom is -0.480 e. The highest BCUT2D eigenvalue weighted by atomic mass is 32.2. The van der Waals surface area contributed by atoms with Crippen LogP contribution in [0.5, 0.6) is 0 Å². The van der Waals surface area contributed by atoms with Crippen LogP contribution in [0.3, 0.4) is 0 Å². The second-order valence-electron chi connectivity index (χ2n) is 3.86. The Morgan fingerprint density at radius 3 is 2.58 bits per heavy atom. The number of amides is 1. The van der Waals surface area contributed by atoms with Gasteiger partial charge in [-0.3, -0.25) is 9.59 Å². The number of carboxylic acids is 1. The molecule has 0 aliphatic rings. The molecule has 0 heterocycles. The second kappa shape index (κ2) is 7.75. The van der Waals surface area contributed by atoms with E-state index in [0.29, 0.717) is 6.54 Å². The average molecular weight is 286 g/mol. The summed E-state index contributed by atoms with van der Waals surface area (Å²) >= 11 is 1.16. The highest BCUT2D eigenvalue weighted by Gasteiger charge is 2.12. The monoisotopic (exact) mass is 286 g/mol. The molecule has 0 aromatic heterocycles. The first-order valence-electron chi connectivity index (χ1n) is 5.56. The van der Waals surface area contributed by atoms with Gasteiger partial charge in [-0.2, -0.15) is 0 Å². The van der Waals surface area contributed by atoms with Gasteiger partial charge >= 0.3 is 5.97 Å². The first kappa shape index (κ1) is 15.5. The maximum Gasteiger partial charge on any atom is 0.321 e. The highest BCUT2D eigenvalue weighted by molar-refractivity contribution is 8.00. The first-order chi connectivity index (χ1) is 8.99. The number of rotatable bonds is 7. The number of nitrogens with two attached hydrogens (primary N) is 1. The summed E-state index contributed by atoms with van der Waals surface area (Å²) in [6, 6.07) is 4.85. The van der Waals surface area contributed by atoms with Crippen molar-refractivity contribution in [2.75, 3.05) is 11.5 Å². The molecule has 4 N–H and O–H groups in total. The Hall–Kier alpha value is -1.60. The van der Waals surface area contributed by atoms with Crippen molar-refractivity contribution in [3.8, 4) is 0 Å². The number of thioether (sulfide) groups is 1. The molecule has 0 radical (unpaired) electrons. The molecule has 0 aliphatic heterocycles. The van der Waals surface area contributed by atoms with Crippen LogP contribution in [-0.2, 0) is 16.1 Å². The number of halogens is 1. The molecule has 104 valence electrons. The van der Waals surface area contributed by atoms with Gasteiger partial charge in [0.1, 0.15) is 11.9 Å². The third-order valence-electron chi connectivity index (χ3n) is 2.25. The zero-order valence-corrected chi connectivity index (χ0v) is 11.0. The quantitative estimate of drug-likeness (QED) is 0.682. The van der Waals surface area contributed by atoms with Crippen molar-refractivity contribution in [2.24, 2.45) is 5.73 Å². The standard InChI is InChI=1S/C12H15FN2O3S/c13-9-3-1-8(2-4-9)5-15-11(16)7-19-6-10(14)12(17)18/h1-4,10H,5-7,14H2,(H,15,16)(H,17,18)/t10-/m1/s1. The summed E-state index contributed by atoms with van der Waals surface area (Å²) in [4.78, 5) is 21.9. The second-order valence-corrected chi connectivity index (χ2v) is 4.89. The topological polar surface area (TPSA) is 92.4 Å². The van der Waals surface area contributed by atoms with Crippen molar-refractivity contribution in [1.29, 1.82) is 0 Å². The molecule has 0 spiro atoms. The Balaban J connectivity index is 2.21. The van der Waals surface area contributed by atoms with Crippen LogP contribution in [0.15, 0.2) is 24.3 Å². The Morgan fingerprint density at radius 1 is 1.37 bits per heavy atom. The molecule has 1 aromatic rings. The molecule has 0 aliphatic carbocycles. The van der Waals surface area contributed by atoms with Crippen LogP contribution in [0.4, 0.5) is 4.39 Å². The zero-order chi connectivity index (χ0) is 14.3. The van der Waals surface area contributed by atoms with Crippen molar-refractivity contribution < 1.29 is 19.1 Å². The third-order valence-corrected chi connectivity index (χ3v) is 3.31. The van der Waals surface area contributed by atoms with Gasteiger partial charge in [-0.25, -0.2) is 4.39 Å². The number of hydrogen-bond donors (Lipinski definition) is 3. The molecular weight excluding hydrogens is 271 g/mol. The Morgan fingerprint density at radius 2 is 2.00 bits per heavy atom. The van der Waals surface area contributed by atoms with Gasteiger partial charge in [0.2, 0.25) is 5.91 Å². The fourth-order valence-corrected chi connectivity index (χ4v) is 2.01. The molecule has 19 heavy (non-hydrogen) atoms. The highest BCUT2D eigenvalue weighted by Crippen LogP contribution is 2.04. The fraction of sp³-hybridized carbons (Fsp3) is 0.333. The minimum absolute atomic E-state index is 0.141. The molecule has 0 unspecified atom stereocenters. The predicted octanol–water partition coefficient (Wildman–Crippen LogP) is 0.587. The van der Waals surface area contributed by atoms with Crippen molar-refractivity contribution in [1.82, 2.24) is 5.32 Å². The molecule has 1 rings (SSSR count). The molecule has 0 saturated carbocycles. The normalized spacial score (nSPS) is 11.9. The maximum absolute atomic E-state index is 12.6. The van der Waals surface area contributed by atoms with Crippen LogP contribution >= 0.6 is 11.8 Å². The van der Waals surface area contributed by atoms with Crippen LogP contribution in [0.2, 0.25) is 0 Å². The van der Waals surface area contributed by atoms with E-state index in [1.807, 2.05) is 0 Å². The van der Waals surface area contributed by atoms with Gasteiger partial charge in [0, 0.05) is 12.3 Å². The van der Waals surface area contributed by atoms with Crippen molar-refractivity contribution in [2.45, 2.75) is 12.6 Å². The van der Waals surface area contributed by atoms with E-state index >= 15 is 0 Å². The number of carbonyl (C=O) groups excluding carboxylic acids is 1. The molecule has 1 atom stereocenters. The van der Waals surface area contributed by atoms with Crippen LogP contribution < -0.4 is 11.1 Å². The number of hydrogen-bond acceptors (Lipinski definition) is 4. The molecule has 1 amide bonds. The largest absolute Gasteiger partial charge is 0.480 e.